The predicted octanol–water partition coefficient (Wildman–Crippen LogP) is 2.95. The summed E-state index contributed by atoms with van der Waals surface area (Å²) in [5, 5.41) is 7.32. The number of aromatic nitrogens is 3. The minimum Gasteiger partial charge on any atom is -0.481 e. The summed E-state index contributed by atoms with van der Waals surface area (Å²) in [4.78, 5) is 16.2. The molecule has 0 spiro atoms. The van der Waals surface area contributed by atoms with Gasteiger partial charge in [0, 0.05) is 16.7 Å². The number of nitrogens with zero attached hydrogens (tertiary/aromatic N) is 2. The fraction of sp³-hybridized carbons (Fsp3) is 0.0714. The van der Waals surface area contributed by atoms with Crippen molar-refractivity contribution in [3.05, 3.63) is 46.7 Å². The van der Waals surface area contributed by atoms with Crippen LogP contribution >= 0.6 is 15.9 Å². The highest BCUT2D eigenvalue weighted by Crippen LogP contribution is 2.22. The maximum atomic E-state index is 12.2. The molecule has 2 aromatic heterocycles. The van der Waals surface area contributed by atoms with Crippen LogP contribution in [0.4, 0.5) is 0 Å². The number of carbonyl (C=O) groups excluding carboxylic acids is 1. The summed E-state index contributed by atoms with van der Waals surface area (Å²) in [7, 11) is 1.52. The molecule has 0 atom stereocenters. The van der Waals surface area contributed by atoms with Gasteiger partial charge in [-0.15, -0.1) is 0 Å². The molecule has 0 unspecified atom stereocenters. The molecule has 106 valence electrons. The molecule has 3 rings (SSSR count). The van der Waals surface area contributed by atoms with Crippen LogP contribution in [0.1, 0.15) is 10.5 Å². The molecule has 0 aliphatic heterocycles. The van der Waals surface area contributed by atoms with Crippen LogP contribution in [0.5, 0.6) is 11.6 Å². The molecular formula is C14H10BrN3O3. The van der Waals surface area contributed by atoms with Gasteiger partial charge in [-0.1, -0.05) is 22.0 Å². The van der Waals surface area contributed by atoms with E-state index in [-0.39, 0.29) is 5.69 Å². The number of pyridine rings is 1. The van der Waals surface area contributed by atoms with Crippen LogP contribution in [-0.4, -0.2) is 28.3 Å². The molecule has 7 heteroatoms. The highest BCUT2D eigenvalue weighted by molar-refractivity contribution is 9.10. The summed E-state index contributed by atoms with van der Waals surface area (Å²) in [6, 6.07) is 8.68. The van der Waals surface area contributed by atoms with Gasteiger partial charge in [-0.05, 0) is 18.2 Å². The predicted molar refractivity (Wildman–Crippen MR) is 79.5 cm³/mol. The molecule has 0 aliphatic rings. The highest BCUT2D eigenvalue weighted by atomic mass is 79.9. The summed E-state index contributed by atoms with van der Waals surface area (Å²) >= 11 is 3.32. The number of nitrogens with one attached hydrogen (secondary N) is 1. The van der Waals surface area contributed by atoms with Crippen molar-refractivity contribution in [3.63, 3.8) is 0 Å². The lowest BCUT2D eigenvalue weighted by Gasteiger charge is -2.03. The van der Waals surface area contributed by atoms with Gasteiger partial charge in [0.2, 0.25) is 5.88 Å². The van der Waals surface area contributed by atoms with Crippen molar-refractivity contribution in [2.75, 3.05) is 7.11 Å². The Kier molecular flexibility index (Phi) is 3.57. The largest absolute Gasteiger partial charge is 0.481 e. The summed E-state index contributed by atoms with van der Waals surface area (Å²) in [5.74, 6) is 0.330. The first-order valence-corrected chi connectivity index (χ1v) is 6.82. The zero-order valence-electron chi connectivity index (χ0n) is 11.0. The van der Waals surface area contributed by atoms with Gasteiger partial charge in [0.25, 0.3) is 0 Å². The fourth-order valence-corrected chi connectivity index (χ4v) is 2.23. The second-order valence-corrected chi connectivity index (χ2v) is 5.11. The number of ether oxygens (including phenoxy) is 2. The zero-order chi connectivity index (χ0) is 14.8. The van der Waals surface area contributed by atoms with Crippen LogP contribution in [0, 0.1) is 0 Å². The number of halogens is 1. The Morgan fingerprint density at radius 2 is 2.19 bits per heavy atom. The molecule has 0 aliphatic carbocycles. The fourth-order valence-electron chi connectivity index (χ4n) is 1.85. The SMILES string of the molecule is COc1cc2[nH]nc(C(=O)Oc3cccc(Br)c3)c2cn1. The van der Waals surface area contributed by atoms with E-state index in [0.717, 1.165) is 4.47 Å². The molecule has 0 bridgehead atoms. The van der Waals surface area contributed by atoms with Gasteiger partial charge in [0.15, 0.2) is 5.69 Å². The Morgan fingerprint density at radius 1 is 1.33 bits per heavy atom. The van der Waals surface area contributed by atoms with E-state index >= 15 is 0 Å². The second-order valence-electron chi connectivity index (χ2n) is 4.19. The smallest absolute Gasteiger partial charge is 0.364 e. The van der Waals surface area contributed by atoms with Gasteiger partial charge in [0.1, 0.15) is 5.75 Å². The molecule has 2 heterocycles. The lowest BCUT2D eigenvalue weighted by Crippen LogP contribution is -2.09. The number of hydrogen-bond donors (Lipinski definition) is 1. The van der Waals surface area contributed by atoms with Crippen LogP contribution < -0.4 is 9.47 Å². The van der Waals surface area contributed by atoms with Crippen molar-refractivity contribution < 1.29 is 14.3 Å². The van der Waals surface area contributed by atoms with Gasteiger partial charge >= 0.3 is 5.97 Å². The first kappa shape index (κ1) is 13.6. The minimum absolute atomic E-state index is 0.181. The molecule has 1 N–H and O–H groups in total. The normalized spacial score (nSPS) is 10.6. The standard InChI is InChI=1S/C14H10BrN3O3/c1-20-12-6-11-10(7-16-12)13(18-17-11)14(19)21-9-4-2-3-8(15)5-9/h2-7H,1H3,(H,17,18). The number of benzene rings is 1. The molecule has 0 fully saturated rings. The average molecular weight is 348 g/mol. The molecule has 0 radical (unpaired) electrons. The number of rotatable bonds is 3. The number of carbonyl (C=O) groups is 1. The topological polar surface area (TPSA) is 77.1 Å². The number of fused-ring (bicyclic) bond motifs is 1. The maximum absolute atomic E-state index is 12.2. The lowest BCUT2D eigenvalue weighted by atomic mass is 10.2. The van der Waals surface area contributed by atoms with Crippen molar-refractivity contribution in [2.24, 2.45) is 0 Å². The molecule has 1 aromatic carbocycles. The van der Waals surface area contributed by atoms with Crippen molar-refractivity contribution in [1.82, 2.24) is 15.2 Å². The Morgan fingerprint density at radius 3 is 2.95 bits per heavy atom. The summed E-state index contributed by atoms with van der Waals surface area (Å²) in [6.07, 6.45) is 1.52. The molecular weight excluding hydrogens is 338 g/mol. The molecule has 3 aromatic rings. The van der Waals surface area contributed by atoms with E-state index in [2.05, 4.69) is 31.1 Å². The van der Waals surface area contributed by atoms with E-state index in [1.54, 1.807) is 24.3 Å². The average Bonchev–Trinajstić information content (AvgIpc) is 2.90. The van der Waals surface area contributed by atoms with E-state index in [0.29, 0.717) is 22.5 Å². The summed E-state index contributed by atoms with van der Waals surface area (Å²) < 4.78 is 11.1. The van der Waals surface area contributed by atoms with Crippen molar-refractivity contribution in [1.29, 1.82) is 0 Å². The van der Waals surface area contributed by atoms with E-state index in [1.165, 1.54) is 13.3 Å². The molecule has 0 saturated carbocycles. The van der Waals surface area contributed by atoms with Crippen LogP contribution in [0.2, 0.25) is 0 Å². The molecule has 0 saturated heterocycles. The Hall–Kier alpha value is -2.41. The lowest BCUT2D eigenvalue weighted by molar-refractivity contribution is 0.0730. The number of H-pyrrole nitrogens is 1. The van der Waals surface area contributed by atoms with Crippen LogP contribution in [0.25, 0.3) is 10.9 Å². The molecule has 6 nitrogen and oxygen atoms in total. The molecule has 21 heavy (non-hydrogen) atoms. The van der Waals surface area contributed by atoms with Gasteiger partial charge in [-0.2, -0.15) is 5.10 Å². The number of esters is 1. The Labute approximate surface area is 128 Å². The first-order valence-electron chi connectivity index (χ1n) is 6.03. The van der Waals surface area contributed by atoms with Gasteiger partial charge < -0.3 is 9.47 Å². The highest BCUT2D eigenvalue weighted by Gasteiger charge is 2.17. The third kappa shape index (κ3) is 2.73. The monoisotopic (exact) mass is 347 g/mol. The van der Waals surface area contributed by atoms with E-state index in [9.17, 15) is 4.79 Å². The van der Waals surface area contributed by atoms with E-state index in [1.807, 2.05) is 6.07 Å². The Balaban J connectivity index is 1.91. The maximum Gasteiger partial charge on any atom is 0.364 e. The van der Waals surface area contributed by atoms with E-state index < -0.39 is 5.97 Å². The number of hydrogen-bond acceptors (Lipinski definition) is 5. The minimum atomic E-state index is -0.550. The molecule has 0 amide bonds. The van der Waals surface area contributed by atoms with Gasteiger partial charge in [-0.25, -0.2) is 9.78 Å². The van der Waals surface area contributed by atoms with Crippen LogP contribution in [-0.2, 0) is 0 Å². The van der Waals surface area contributed by atoms with Crippen molar-refractivity contribution in [3.8, 4) is 11.6 Å². The zero-order valence-corrected chi connectivity index (χ0v) is 12.5. The van der Waals surface area contributed by atoms with Crippen LogP contribution in [0.3, 0.4) is 0 Å². The summed E-state index contributed by atoms with van der Waals surface area (Å²) in [6.45, 7) is 0. The van der Waals surface area contributed by atoms with Crippen LogP contribution in [0.15, 0.2) is 41.0 Å². The van der Waals surface area contributed by atoms with Gasteiger partial charge in [-0.3, -0.25) is 5.10 Å². The van der Waals surface area contributed by atoms with Crippen molar-refractivity contribution in [2.45, 2.75) is 0 Å². The van der Waals surface area contributed by atoms with E-state index in [4.69, 9.17) is 9.47 Å². The second kappa shape index (κ2) is 5.53. The number of aromatic amines is 1. The Bertz CT molecular complexity index is 816. The third-order valence-corrected chi connectivity index (χ3v) is 3.32. The van der Waals surface area contributed by atoms with Gasteiger partial charge in [0.05, 0.1) is 18.0 Å². The van der Waals surface area contributed by atoms with Crippen molar-refractivity contribution >= 4 is 32.8 Å². The number of methoxy groups -OCH3 is 1. The third-order valence-electron chi connectivity index (χ3n) is 2.83. The first-order chi connectivity index (χ1) is 10.2. The summed E-state index contributed by atoms with van der Waals surface area (Å²) in [5.41, 5.74) is 0.836. The quantitative estimate of drug-likeness (QED) is 0.582.